The van der Waals surface area contributed by atoms with E-state index in [9.17, 15) is 9.59 Å². The molecule has 2 rings (SSSR count). The molecule has 3 N–H and O–H groups in total. The van der Waals surface area contributed by atoms with Gasteiger partial charge in [-0.15, -0.1) is 11.8 Å². The standard InChI is InChI=1S/C17H17ClN2O2S/c1-11(23-15-8-4-13(18)5-9-15)17(22)20-14-6-2-12(3-7-14)10-16(19)21/h2-9,11H,10H2,1H3,(H2,19,21)(H,20,22). The zero-order valence-electron chi connectivity index (χ0n) is 12.6. The summed E-state index contributed by atoms with van der Waals surface area (Å²) in [6.07, 6.45) is 0.192. The van der Waals surface area contributed by atoms with Crippen LogP contribution >= 0.6 is 23.4 Å². The Labute approximate surface area is 144 Å². The number of halogens is 1. The number of anilines is 1. The summed E-state index contributed by atoms with van der Waals surface area (Å²) < 4.78 is 0. The van der Waals surface area contributed by atoms with Crippen LogP contribution in [0.5, 0.6) is 0 Å². The Balaban J connectivity index is 1.92. The summed E-state index contributed by atoms with van der Waals surface area (Å²) in [5.41, 5.74) is 6.65. The largest absolute Gasteiger partial charge is 0.369 e. The van der Waals surface area contributed by atoms with Gasteiger partial charge in [-0.1, -0.05) is 23.7 Å². The van der Waals surface area contributed by atoms with Crippen molar-refractivity contribution in [2.45, 2.75) is 23.5 Å². The summed E-state index contributed by atoms with van der Waals surface area (Å²) in [7, 11) is 0. The minimum atomic E-state index is -0.380. The third kappa shape index (κ3) is 5.62. The first-order valence-electron chi connectivity index (χ1n) is 7.04. The van der Waals surface area contributed by atoms with Crippen molar-refractivity contribution in [2.24, 2.45) is 5.73 Å². The molecule has 1 unspecified atom stereocenters. The average Bonchev–Trinajstić information content (AvgIpc) is 2.51. The molecular weight excluding hydrogens is 332 g/mol. The van der Waals surface area contributed by atoms with Crippen LogP contribution in [0, 0.1) is 0 Å². The quantitative estimate of drug-likeness (QED) is 0.785. The van der Waals surface area contributed by atoms with E-state index >= 15 is 0 Å². The molecule has 0 aliphatic heterocycles. The Bertz CT molecular complexity index is 687. The van der Waals surface area contributed by atoms with E-state index in [1.807, 2.05) is 19.1 Å². The van der Waals surface area contributed by atoms with E-state index in [2.05, 4.69) is 5.32 Å². The number of benzene rings is 2. The number of carbonyl (C=O) groups is 2. The highest BCUT2D eigenvalue weighted by Crippen LogP contribution is 2.25. The van der Waals surface area contributed by atoms with E-state index in [0.717, 1.165) is 10.5 Å². The van der Waals surface area contributed by atoms with Crippen LogP contribution in [0.4, 0.5) is 5.69 Å². The fourth-order valence-electron chi connectivity index (χ4n) is 1.92. The monoisotopic (exact) mass is 348 g/mol. The number of carbonyl (C=O) groups excluding carboxylic acids is 2. The molecule has 0 heterocycles. The van der Waals surface area contributed by atoms with E-state index in [1.165, 1.54) is 11.8 Å². The maximum atomic E-state index is 12.2. The predicted octanol–water partition coefficient (Wildman–Crippen LogP) is 3.49. The van der Waals surface area contributed by atoms with Gasteiger partial charge in [0, 0.05) is 15.6 Å². The van der Waals surface area contributed by atoms with E-state index < -0.39 is 0 Å². The van der Waals surface area contributed by atoms with Crippen molar-refractivity contribution < 1.29 is 9.59 Å². The lowest BCUT2D eigenvalue weighted by Gasteiger charge is -2.12. The lowest BCUT2D eigenvalue weighted by molar-refractivity contribution is -0.117. The van der Waals surface area contributed by atoms with Crippen LogP contribution in [0.2, 0.25) is 5.02 Å². The number of rotatable bonds is 6. The zero-order valence-corrected chi connectivity index (χ0v) is 14.2. The van der Waals surface area contributed by atoms with E-state index in [1.54, 1.807) is 36.4 Å². The van der Waals surface area contributed by atoms with Crippen LogP contribution in [0.3, 0.4) is 0 Å². The molecule has 2 aromatic rings. The first-order chi connectivity index (χ1) is 10.9. The number of primary amides is 1. The van der Waals surface area contributed by atoms with Crippen LogP contribution in [0.25, 0.3) is 0 Å². The first kappa shape index (κ1) is 17.4. The second-order valence-corrected chi connectivity index (χ2v) is 6.89. The van der Waals surface area contributed by atoms with Gasteiger partial charge in [-0.2, -0.15) is 0 Å². The fourth-order valence-corrected chi connectivity index (χ4v) is 2.92. The lowest BCUT2D eigenvalue weighted by atomic mass is 10.1. The normalized spacial score (nSPS) is 11.7. The van der Waals surface area contributed by atoms with Gasteiger partial charge in [0.2, 0.25) is 11.8 Å². The molecule has 0 bridgehead atoms. The molecule has 0 saturated heterocycles. The molecule has 2 amide bonds. The molecule has 120 valence electrons. The van der Waals surface area contributed by atoms with Crippen molar-refractivity contribution in [3.63, 3.8) is 0 Å². The second kappa shape index (κ2) is 8.04. The summed E-state index contributed by atoms with van der Waals surface area (Å²) in [5.74, 6) is -0.470. The molecule has 0 aliphatic carbocycles. The Hall–Kier alpha value is -1.98. The summed E-state index contributed by atoms with van der Waals surface area (Å²) in [6.45, 7) is 1.84. The van der Waals surface area contributed by atoms with E-state index in [-0.39, 0.29) is 23.5 Å². The Morgan fingerprint density at radius 2 is 1.74 bits per heavy atom. The Morgan fingerprint density at radius 1 is 1.13 bits per heavy atom. The summed E-state index contributed by atoms with van der Waals surface area (Å²) in [6, 6.07) is 14.4. The molecule has 0 radical (unpaired) electrons. The average molecular weight is 349 g/mol. The minimum Gasteiger partial charge on any atom is -0.369 e. The van der Waals surface area contributed by atoms with Gasteiger partial charge in [0.25, 0.3) is 0 Å². The first-order valence-corrected chi connectivity index (χ1v) is 8.30. The summed E-state index contributed by atoms with van der Waals surface area (Å²) in [5, 5.41) is 3.27. The molecule has 0 aromatic heterocycles. The fraction of sp³-hybridized carbons (Fsp3) is 0.176. The second-order valence-electron chi connectivity index (χ2n) is 5.04. The van der Waals surface area contributed by atoms with Crippen molar-refractivity contribution in [2.75, 3.05) is 5.32 Å². The van der Waals surface area contributed by atoms with E-state index in [4.69, 9.17) is 17.3 Å². The number of nitrogens with two attached hydrogens (primary N) is 1. The van der Waals surface area contributed by atoms with Gasteiger partial charge in [0.15, 0.2) is 0 Å². The van der Waals surface area contributed by atoms with Gasteiger partial charge in [-0.05, 0) is 48.9 Å². The molecule has 0 aliphatic rings. The molecule has 1 atom stereocenters. The number of hydrogen-bond donors (Lipinski definition) is 2. The number of thioether (sulfide) groups is 1. The SMILES string of the molecule is CC(Sc1ccc(Cl)cc1)C(=O)Nc1ccc(CC(N)=O)cc1. The smallest absolute Gasteiger partial charge is 0.237 e. The van der Waals surface area contributed by atoms with Crippen LogP contribution in [-0.4, -0.2) is 17.1 Å². The molecule has 0 fully saturated rings. The molecular formula is C17H17ClN2O2S. The Kier molecular flexibility index (Phi) is 6.07. The highest BCUT2D eigenvalue weighted by Gasteiger charge is 2.14. The van der Waals surface area contributed by atoms with E-state index in [0.29, 0.717) is 10.7 Å². The third-order valence-electron chi connectivity index (χ3n) is 3.10. The number of nitrogens with one attached hydrogen (secondary N) is 1. The maximum absolute atomic E-state index is 12.2. The molecule has 23 heavy (non-hydrogen) atoms. The van der Waals surface area contributed by atoms with Crippen LogP contribution in [0.15, 0.2) is 53.4 Å². The van der Waals surface area contributed by atoms with Gasteiger partial charge in [-0.3, -0.25) is 9.59 Å². The van der Waals surface area contributed by atoms with Gasteiger partial charge in [-0.25, -0.2) is 0 Å². The van der Waals surface area contributed by atoms with Crippen molar-refractivity contribution in [1.82, 2.24) is 0 Å². The number of amides is 2. The predicted molar refractivity (Wildman–Crippen MR) is 94.7 cm³/mol. The number of hydrogen-bond acceptors (Lipinski definition) is 3. The van der Waals surface area contributed by atoms with Gasteiger partial charge in [0.05, 0.1) is 11.7 Å². The van der Waals surface area contributed by atoms with Crippen molar-refractivity contribution in [1.29, 1.82) is 0 Å². The topological polar surface area (TPSA) is 72.2 Å². The van der Waals surface area contributed by atoms with Gasteiger partial charge in [0.1, 0.15) is 0 Å². The van der Waals surface area contributed by atoms with Crippen molar-refractivity contribution in [3.05, 3.63) is 59.1 Å². The maximum Gasteiger partial charge on any atom is 0.237 e. The summed E-state index contributed by atoms with van der Waals surface area (Å²) in [4.78, 5) is 24.1. The molecule has 2 aromatic carbocycles. The lowest BCUT2D eigenvalue weighted by Crippen LogP contribution is -2.22. The van der Waals surface area contributed by atoms with Gasteiger partial charge >= 0.3 is 0 Å². The van der Waals surface area contributed by atoms with Crippen LogP contribution in [0.1, 0.15) is 12.5 Å². The van der Waals surface area contributed by atoms with Gasteiger partial charge < -0.3 is 11.1 Å². The molecule has 4 nitrogen and oxygen atoms in total. The third-order valence-corrected chi connectivity index (χ3v) is 4.46. The highest BCUT2D eigenvalue weighted by atomic mass is 35.5. The zero-order chi connectivity index (χ0) is 16.8. The molecule has 6 heteroatoms. The van der Waals surface area contributed by atoms with Crippen LogP contribution < -0.4 is 11.1 Å². The summed E-state index contributed by atoms with van der Waals surface area (Å²) >= 11 is 7.30. The van der Waals surface area contributed by atoms with Crippen molar-refractivity contribution in [3.8, 4) is 0 Å². The van der Waals surface area contributed by atoms with Crippen molar-refractivity contribution >= 4 is 40.9 Å². The minimum absolute atomic E-state index is 0.0902. The van der Waals surface area contributed by atoms with Crippen LogP contribution in [-0.2, 0) is 16.0 Å². The molecule has 0 spiro atoms. The Morgan fingerprint density at radius 3 is 2.30 bits per heavy atom. The molecule has 0 saturated carbocycles. The highest BCUT2D eigenvalue weighted by molar-refractivity contribution is 8.00.